The van der Waals surface area contributed by atoms with E-state index in [0.29, 0.717) is 17.1 Å². The molecule has 20 heavy (non-hydrogen) atoms. The van der Waals surface area contributed by atoms with Crippen LogP contribution in [-0.4, -0.2) is 21.9 Å². The second kappa shape index (κ2) is 6.60. The number of aromatic carboxylic acids is 1. The summed E-state index contributed by atoms with van der Waals surface area (Å²) in [7, 11) is 0. The number of fused-ring (bicyclic) bond motifs is 1. The highest BCUT2D eigenvalue weighted by Gasteiger charge is 2.09. The van der Waals surface area contributed by atoms with E-state index < -0.39 is 5.97 Å². The fourth-order valence-corrected chi connectivity index (χ4v) is 3.10. The number of carbonyl (C=O) groups is 2. The Kier molecular flexibility index (Phi) is 4.83. The molecule has 0 aliphatic rings. The van der Waals surface area contributed by atoms with Gasteiger partial charge in [-0.1, -0.05) is 29.7 Å². The highest BCUT2D eigenvalue weighted by molar-refractivity contribution is 8.13. The van der Waals surface area contributed by atoms with Crippen LogP contribution < -0.4 is 0 Å². The van der Waals surface area contributed by atoms with Gasteiger partial charge in [-0.3, -0.25) is 4.79 Å². The first kappa shape index (κ1) is 14.6. The molecule has 0 aliphatic heterocycles. The van der Waals surface area contributed by atoms with Gasteiger partial charge in [-0.05, 0) is 18.2 Å². The largest absolute Gasteiger partial charge is 0.477 e. The average Bonchev–Trinajstić information content (AvgIpc) is 2.83. The molecule has 0 atom stereocenters. The molecule has 1 N–H and O–H groups in total. The molecular weight excluding hydrogens is 292 g/mol. The number of thioether (sulfide) groups is 1. The van der Waals surface area contributed by atoms with E-state index in [-0.39, 0.29) is 5.12 Å². The van der Waals surface area contributed by atoms with Crippen LogP contribution in [0.4, 0.5) is 0 Å². The number of benzene rings is 1. The van der Waals surface area contributed by atoms with Gasteiger partial charge in [0.25, 0.3) is 0 Å². The first-order valence-corrected chi connectivity index (χ1v) is 7.76. The van der Waals surface area contributed by atoms with Gasteiger partial charge in [0.1, 0.15) is 4.88 Å². The lowest BCUT2D eigenvalue weighted by molar-refractivity contribution is -0.109. The summed E-state index contributed by atoms with van der Waals surface area (Å²) in [5.41, 5.74) is 0.832. The van der Waals surface area contributed by atoms with Crippen LogP contribution in [0.25, 0.3) is 10.1 Å². The number of carbonyl (C=O) groups excluding carboxylic acids is 1. The monoisotopic (exact) mass is 304 g/mol. The number of carboxylic acid groups (broad SMARTS) is 1. The molecule has 1 aromatic heterocycles. The average molecular weight is 304 g/mol. The van der Waals surface area contributed by atoms with Gasteiger partial charge < -0.3 is 5.11 Å². The van der Waals surface area contributed by atoms with E-state index in [0.717, 1.165) is 15.6 Å². The van der Waals surface area contributed by atoms with Crippen molar-refractivity contribution in [2.75, 3.05) is 5.75 Å². The van der Waals surface area contributed by atoms with Gasteiger partial charge in [0, 0.05) is 34.7 Å². The third-order valence-electron chi connectivity index (χ3n) is 2.53. The maximum Gasteiger partial charge on any atom is 0.345 e. The highest BCUT2D eigenvalue weighted by atomic mass is 32.2. The lowest BCUT2D eigenvalue weighted by atomic mass is 10.1. The van der Waals surface area contributed by atoms with Crippen molar-refractivity contribution < 1.29 is 14.7 Å². The lowest BCUT2D eigenvalue weighted by Crippen LogP contribution is -1.89. The van der Waals surface area contributed by atoms with Crippen LogP contribution in [0.2, 0.25) is 0 Å². The molecule has 0 saturated heterocycles. The van der Waals surface area contributed by atoms with Crippen LogP contribution in [0.15, 0.2) is 24.3 Å². The molecule has 2 aromatic rings. The maximum absolute atomic E-state index is 11.0. The molecule has 0 bridgehead atoms. The van der Waals surface area contributed by atoms with Gasteiger partial charge in [-0.15, -0.1) is 11.3 Å². The Morgan fingerprint density at radius 3 is 2.90 bits per heavy atom. The Labute approximate surface area is 125 Å². The molecule has 0 aliphatic carbocycles. The minimum Gasteiger partial charge on any atom is -0.477 e. The van der Waals surface area contributed by atoms with Crippen LogP contribution in [-0.2, 0) is 4.79 Å². The van der Waals surface area contributed by atoms with Crippen LogP contribution in [0.3, 0.4) is 0 Å². The fraction of sp³-hybridized carbons (Fsp3) is 0.200. The molecular formula is C15H12O3S2. The summed E-state index contributed by atoms with van der Waals surface area (Å²) in [5.74, 6) is 5.84. The third-order valence-corrected chi connectivity index (χ3v) is 4.43. The quantitative estimate of drug-likeness (QED) is 0.695. The second-order valence-corrected chi connectivity index (χ2v) is 6.38. The predicted molar refractivity (Wildman–Crippen MR) is 83.4 cm³/mol. The Morgan fingerprint density at radius 1 is 1.40 bits per heavy atom. The summed E-state index contributed by atoms with van der Waals surface area (Å²) in [4.78, 5) is 22.1. The Morgan fingerprint density at radius 2 is 2.20 bits per heavy atom. The maximum atomic E-state index is 11.0. The highest BCUT2D eigenvalue weighted by Crippen LogP contribution is 2.28. The van der Waals surface area contributed by atoms with Gasteiger partial charge in [-0.2, -0.15) is 0 Å². The van der Waals surface area contributed by atoms with Gasteiger partial charge in [0.05, 0.1) is 0 Å². The van der Waals surface area contributed by atoms with Crippen molar-refractivity contribution in [3.05, 3.63) is 34.7 Å². The van der Waals surface area contributed by atoms with Gasteiger partial charge in [0.15, 0.2) is 5.12 Å². The first-order valence-electron chi connectivity index (χ1n) is 5.96. The number of hydrogen-bond donors (Lipinski definition) is 1. The molecule has 0 saturated carbocycles. The minimum absolute atomic E-state index is 0.0952. The number of thiophene rings is 1. The summed E-state index contributed by atoms with van der Waals surface area (Å²) in [6.45, 7) is 1.54. The van der Waals surface area contributed by atoms with Crippen LogP contribution in [0.1, 0.15) is 28.6 Å². The smallest absolute Gasteiger partial charge is 0.345 e. The summed E-state index contributed by atoms with van der Waals surface area (Å²) >= 11 is 2.51. The van der Waals surface area contributed by atoms with Crippen LogP contribution in [0, 0.1) is 11.8 Å². The Bertz CT molecular complexity index is 720. The van der Waals surface area contributed by atoms with E-state index in [4.69, 9.17) is 5.11 Å². The van der Waals surface area contributed by atoms with Gasteiger partial charge in [0.2, 0.25) is 0 Å². The van der Waals surface area contributed by atoms with E-state index in [1.54, 1.807) is 6.07 Å². The Balaban J connectivity index is 2.20. The van der Waals surface area contributed by atoms with Gasteiger partial charge in [-0.25, -0.2) is 4.79 Å². The van der Waals surface area contributed by atoms with Crippen molar-refractivity contribution in [2.45, 2.75) is 13.3 Å². The molecule has 1 heterocycles. The van der Waals surface area contributed by atoms with E-state index >= 15 is 0 Å². The molecule has 3 nitrogen and oxygen atoms in total. The molecule has 2 rings (SSSR count). The van der Waals surface area contributed by atoms with E-state index in [1.165, 1.54) is 30.0 Å². The predicted octanol–water partition coefficient (Wildman–Crippen LogP) is 3.62. The van der Waals surface area contributed by atoms with Crippen molar-refractivity contribution in [1.29, 1.82) is 0 Å². The number of hydrogen-bond acceptors (Lipinski definition) is 4. The van der Waals surface area contributed by atoms with Crippen LogP contribution >= 0.6 is 23.1 Å². The number of rotatable bonds is 3. The van der Waals surface area contributed by atoms with Crippen molar-refractivity contribution in [2.24, 2.45) is 0 Å². The molecule has 0 spiro atoms. The molecule has 0 amide bonds. The van der Waals surface area contributed by atoms with Crippen molar-refractivity contribution in [3.8, 4) is 11.8 Å². The van der Waals surface area contributed by atoms with Gasteiger partial charge >= 0.3 is 5.97 Å². The molecule has 1 aromatic carbocycles. The third kappa shape index (κ3) is 3.62. The van der Waals surface area contributed by atoms with Crippen molar-refractivity contribution >= 4 is 44.3 Å². The van der Waals surface area contributed by atoms with E-state index in [9.17, 15) is 9.59 Å². The van der Waals surface area contributed by atoms with Crippen molar-refractivity contribution in [1.82, 2.24) is 0 Å². The van der Waals surface area contributed by atoms with Crippen molar-refractivity contribution in [3.63, 3.8) is 0 Å². The molecule has 102 valence electrons. The summed E-state index contributed by atoms with van der Waals surface area (Å²) in [6, 6.07) is 7.31. The zero-order valence-corrected chi connectivity index (χ0v) is 12.4. The number of carboxylic acids is 1. The second-order valence-electron chi connectivity index (χ2n) is 4.03. The van der Waals surface area contributed by atoms with E-state index in [1.807, 2.05) is 18.2 Å². The summed E-state index contributed by atoms with van der Waals surface area (Å²) < 4.78 is 0.923. The zero-order chi connectivity index (χ0) is 14.5. The standard InChI is InChI=1S/C15H12O3S2/c1-10(16)19-8-3-2-5-11-6-4-7-13-12(11)9-14(20-13)15(17)18/h4,6-7,9H,3,8H2,1H3,(H,17,18). The fourth-order valence-electron chi connectivity index (χ4n) is 1.68. The zero-order valence-electron chi connectivity index (χ0n) is 10.8. The minimum atomic E-state index is -0.914. The molecule has 0 fully saturated rings. The molecule has 0 unspecified atom stereocenters. The van der Waals surface area contributed by atoms with E-state index in [2.05, 4.69) is 11.8 Å². The SMILES string of the molecule is CC(=O)SCCC#Cc1cccc2sc(C(=O)O)cc12. The summed E-state index contributed by atoms with van der Waals surface area (Å²) in [5, 5.41) is 9.99. The van der Waals surface area contributed by atoms with Crippen LogP contribution in [0.5, 0.6) is 0 Å². The molecule has 5 heteroatoms. The lowest BCUT2D eigenvalue weighted by Gasteiger charge is -1.93. The first-order chi connectivity index (χ1) is 9.58. The Hall–Kier alpha value is -1.77. The molecule has 0 radical (unpaired) electrons. The normalized spacial score (nSPS) is 10.1. The summed E-state index contributed by atoms with van der Waals surface area (Å²) in [6.07, 6.45) is 0.635. The topological polar surface area (TPSA) is 54.4 Å².